The van der Waals surface area contributed by atoms with Crippen molar-refractivity contribution in [3.8, 4) is 0 Å². The lowest BCUT2D eigenvalue weighted by Crippen LogP contribution is -2.39. The molecular weight excluding hydrogens is 332 g/mol. The van der Waals surface area contributed by atoms with Crippen LogP contribution in [0.2, 0.25) is 0 Å². The number of carboxylic acid groups (broad SMARTS) is 1. The zero-order valence-electron chi connectivity index (χ0n) is 15.0. The third-order valence-corrected chi connectivity index (χ3v) is 4.09. The van der Waals surface area contributed by atoms with Crippen LogP contribution in [-0.4, -0.2) is 36.5 Å². The second-order valence-electron chi connectivity index (χ2n) is 6.65. The first-order chi connectivity index (χ1) is 12.2. The van der Waals surface area contributed by atoms with E-state index in [9.17, 15) is 14.4 Å². The summed E-state index contributed by atoms with van der Waals surface area (Å²) in [5.74, 6) is -1.65. The van der Waals surface area contributed by atoms with E-state index in [1.807, 2.05) is 30.3 Å². The summed E-state index contributed by atoms with van der Waals surface area (Å²) in [6.45, 7) is 3.05. The fourth-order valence-electron chi connectivity index (χ4n) is 2.23. The Kier molecular flexibility index (Phi) is 5.77. The maximum Gasteiger partial charge on any atom is 0.310 e. The molecule has 0 saturated heterocycles. The maximum atomic E-state index is 12.6. The van der Waals surface area contributed by atoms with Gasteiger partial charge in [0, 0.05) is 30.4 Å². The molecule has 0 aliphatic rings. The second-order valence-corrected chi connectivity index (χ2v) is 6.65. The molecule has 0 aliphatic heterocycles. The molecule has 0 heterocycles. The minimum atomic E-state index is -1.07. The number of hydrogen-bond donors (Lipinski definition) is 2. The zero-order chi connectivity index (χ0) is 19.3. The van der Waals surface area contributed by atoms with E-state index >= 15 is 0 Å². The van der Waals surface area contributed by atoms with E-state index in [0.29, 0.717) is 11.1 Å². The first-order valence-corrected chi connectivity index (χ1v) is 8.17. The lowest BCUT2D eigenvalue weighted by atomic mass is 9.94. The number of carbonyl (C=O) groups is 3. The van der Waals surface area contributed by atoms with Gasteiger partial charge in [-0.3, -0.25) is 14.4 Å². The zero-order valence-corrected chi connectivity index (χ0v) is 15.0. The number of nitrogens with one attached hydrogen (secondary N) is 1. The molecule has 2 N–H and O–H groups in total. The molecule has 0 saturated carbocycles. The highest BCUT2D eigenvalue weighted by Crippen LogP contribution is 2.17. The molecule has 0 spiro atoms. The molecule has 2 amide bonds. The van der Waals surface area contributed by atoms with Crippen LogP contribution < -0.4 is 10.2 Å². The monoisotopic (exact) mass is 354 g/mol. The normalized spacial score (nSPS) is 10.9. The van der Waals surface area contributed by atoms with E-state index < -0.39 is 17.3 Å². The molecule has 136 valence electrons. The summed E-state index contributed by atoms with van der Waals surface area (Å²) < 4.78 is 0. The quantitative estimate of drug-likeness (QED) is 0.835. The standard InChI is InChI=1S/C20H22N2O4/c1-20(2,19(25)26)13-21-17(23)14-8-7-9-15(12-14)18(24)22(3)16-10-5-4-6-11-16/h4-12H,13H2,1-3H3,(H,21,23)(H,25,26). The van der Waals surface area contributed by atoms with Crippen molar-refractivity contribution in [3.63, 3.8) is 0 Å². The van der Waals surface area contributed by atoms with Gasteiger partial charge in [-0.1, -0.05) is 24.3 Å². The highest BCUT2D eigenvalue weighted by molar-refractivity contribution is 6.07. The Morgan fingerprint density at radius 2 is 1.62 bits per heavy atom. The predicted octanol–water partition coefficient (Wildman–Crippen LogP) is 2.80. The van der Waals surface area contributed by atoms with Crippen LogP contribution in [0.3, 0.4) is 0 Å². The van der Waals surface area contributed by atoms with E-state index in [0.717, 1.165) is 5.69 Å². The number of amides is 2. The number of carboxylic acids is 1. The average molecular weight is 354 g/mol. The van der Waals surface area contributed by atoms with Crippen molar-refractivity contribution in [2.24, 2.45) is 5.41 Å². The molecule has 0 bridgehead atoms. The summed E-state index contributed by atoms with van der Waals surface area (Å²) in [5.41, 5.74) is 0.354. The SMILES string of the molecule is CN(C(=O)c1cccc(C(=O)NCC(C)(C)C(=O)O)c1)c1ccccc1. The van der Waals surface area contributed by atoms with Crippen LogP contribution in [-0.2, 0) is 4.79 Å². The van der Waals surface area contributed by atoms with Crippen molar-refractivity contribution in [2.75, 3.05) is 18.5 Å². The summed E-state index contributed by atoms with van der Waals surface area (Å²) >= 11 is 0. The van der Waals surface area contributed by atoms with E-state index in [1.165, 1.54) is 24.8 Å². The Bertz CT molecular complexity index is 816. The number of rotatable bonds is 6. The predicted molar refractivity (Wildman–Crippen MR) is 99.4 cm³/mol. The minimum Gasteiger partial charge on any atom is -0.481 e. The number of para-hydroxylation sites is 1. The van der Waals surface area contributed by atoms with Gasteiger partial charge in [0.25, 0.3) is 11.8 Å². The Labute approximate surface area is 152 Å². The first-order valence-electron chi connectivity index (χ1n) is 8.17. The van der Waals surface area contributed by atoms with Crippen molar-refractivity contribution < 1.29 is 19.5 Å². The molecule has 2 aromatic rings. The fourth-order valence-corrected chi connectivity index (χ4v) is 2.23. The lowest BCUT2D eigenvalue weighted by molar-refractivity contribution is -0.146. The number of nitrogens with zero attached hydrogens (tertiary/aromatic N) is 1. The van der Waals surface area contributed by atoms with Crippen LogP contribution in [0, 0.1) is 5.41 Å². The van der Waals surface area contributed by atoms with Gasteiger partial charge < -0.3 is 15.3 Å². The number of hydrogen-bond acceptors (Lipinski definition) is 3. The van der Waals surface area contributed by atoms with Gasteiger partial charge in [-0.25, -0.2) is 0 Å². The molecule has 0 aromatic heterocycles. The highest BCUT2D eigenvalue weighted by Gasteiger charge is 2.27. The second kappa shape index (κ2) is 7.82. The van der Waals surface area contributed by atoms with E-state index in [1.54, 1.807) is 25.2 Å². The molecule has 0 aliphatic carbocycles. The summed E-state index contributed by atoms with van der Waals surface area (Å²) in [5, 5.41) is 11.7. The maximum absolute atomic E-state index is 12.6. The number of anilines is 1. The van der Waals surface area contributed by atoms with Crippen molar-refractivity contribution in [1.82, 2.24) is 5.32 Å². The molecule has 0 radical (unpaired) electrons. The molecule has 6 heteroatoms. The van der Waals surface area contributed by atoms with Crippen LogP contribution in [0.25, 0.3) is 0 Å². The van der Waals surface area contributed by atoms with Crippen molar-refractivity contribution in [3.05, 3.63) is 65.7 Å². The average Bonchev–Trinajstić information content (AvgIpc) is 2.65. The van der Waals surface area contributed by atoms with Gasteiger partial charge >= 0.3 is 5.97 Å². The minimum absolute atomic E-state index is 0.0107. The number of benzene rings is 2. The van der Waals surface area contributed by atoms with Gasteiger partial charge in [-0.15, -0.1) is 0 Å². The largest absolute Gasteiger partial charge is 0.481 e. The Balaban J connectivity index is 2.13. The smallest absolute Gasteiger partial charge is 0.310 e. The first kappa shape index (κ1) is 19.2. The van der Waals surface area contributed by atoms with Crippen molar-refractivity contribution >= 4 is 23.5 Å². The van der Waals surface area contributed by atoms with Crippen LogP contribution in [0.5, 0.6) is 0 Å². The van der Waals surface area contributed by atoms with Crippen molar-refractivity contribution in [1.29, 1.82) is 0 Å². The van der Waals surface area contributed by atoms with Crippen molar-refractivity contribution in [2.45, 2.75) is 13.8 Å². The summed E-state index contributed by atoms with van der Waals surface area (Å²) in [7, 11) is 1.67. The van der Waals surface area contributed by atoms with Gasteiger partial charge in [0.2, 0.25) is 0 Å². The fraction of sp³-hybridized carbons (Fsp3) is 0.250. The molecule has 2 rings (SSSR count). The van der Waals surface area contributed by atoms with Crippen LogP contribution in [0.15, 0.2) is 54.6 Å². The number of aliphatic carboxylic acids is 1. The summed E-state index contributed by atoms with van der Waals surface area (Å²) in [4.78, 5) is 37.6. The Morgan fingerprint density at radius 3 is 2.23 bits per heavy atom. The molecular formula is C20H22N2O4. The van der Waals surface area contributed by atoms with Gasteiger partial charge in [-0.05, 0) is 44.2 Å². The molecule has 26 heavy (non-hydrogen) atoms. The molecule has 0 unspecified atom stereocenters. The third-order valence-electron chi connectivity index (χ3n) is 4.09. The van der Waals surface area contributed by atoms with Crippen LogP contribution >= 0.6 is 0 Å². The van der Waals surface area contributed by atoms with E-state index in [-0.39, 0.29) is 12.5 Å². The summed E-state index contributed by atoms with van der Waals surface area (Å²) in [6.07, 6.45) is 0. The van der Waals surface area contributed by atoms with Gasteiger partial charge in [-0.2, -0.15) is 0 Å². The third kappa shape index (κ3) is 4.47. The van der Waals surface area contributed by atoms with Crippen LogP contribution in [0.4, 0.5) is 5.69 Å². The van der Waals surface area contributed by atoms with Gasteiger partial charge in [0.1, 0.15) is 0 Å². The molecule has 0 fully saturated rings. The highest BCUT2D eigenvalue weighted by atomic mass is 16.4. The molecule has 0 atom stereocenters. The number of carbonyl (C=O) groups excluding carboxylic acids is 2. The van der Waals surface area contributed by atoms with Gasteiger partial charge in [0.05, 0.1) is 5.41 Å². The van der Waals surface area contributed by atoms with Crippen LogP contribution in [0.1, 0.15) is 34.6 Å². The summed E-state index contributed by atoms with van der Waals surface area (Å²) in [6, 6.07) is 15.5. The lowest BCUT2D eigenvalue weighted by Gasteiger charge is -2.20. The van der Waals surface area contributed by atoms with E-state index in [4.69, 9.17) is 5.11 Å². The Hall–Kier alpha value is -3.15. The Morgan fingerprint density at radius 1 is 1.00 bits per heavy atom. The molecule has 6 nitrogen and oxygen atoms in total. The molecule has 2 aromatic carbocycles. The van der Waals surface area contributed by atoms with E-state index in [2.05, 4.69) is 5.32 Å². The van der Waals surface area contributed by atoms with Gasteiger partial charge in [0.15, 0.2) is 0 Å². The topological polar surface area (TPSA) is 86.7 Å².